The molecule has 0 atom stereocenters. The average molecular weight is 359 g/mol. The first kappa shape index (κ1) is 18.4. The number of carbonyl (C=O) groups excluding carboxylic acids is 1. The van der Waals surface area contributed by atoms with Crippen LogP contribution in [0.2, 0.25) is 0 Å². The minimum absolute atomic E-state index is 0.178. The minimum Gasteiger partial charge on any atom is -0.378 e. The summed E-state index contributed by atoms with van der Waals surface area (Å²) in [6.07, 6.45) is 5.31. The van der Waals surface area contributed by atoms with Crippen molar-refractivity contribution in [1.82, 2.24) is 14.9 Å². The number of nitrogens with zero attached hydrogens (tertiary/aromatic N) is 2. The van der Waals surface area contributed by atoms with Gasteiger partial charge in [-0.05, 0) is 43.7 Å². The molecule has 0 saturated carbocycles. The summed E-state index contributed by atoms with van der Waals surface area (Å²) < 4.78 is 1.91. The van der Waals surface area contributed by atoms with Gasteiger partial charge in [-0.25, -0.2) is 4.98 Å². The number of nitrogens with one attached hydrogen (secondary N) is 1. The lowest BCUT2D eigenvalue weighted by molar-refractivity contribution is 0.0951. The highest BCUT2D eigenvalue weighted by Crippen LogP contribution is 2.14. The molecule has 0 spiro atoms. The van der Waals surface area contributed by atoms with E-state index in [9.17, 15) is 9.90 Å². The van der Waals surface area contributed by atoms with Crippen molar-refractivity contribution in [2.45, 2.75) is 26.0 Å². The van der Waals surface area contributed by atoms with Crippen LogP contribution in [-0.4, -0.2) is 26.2 Å². The maximum absolute atomic E-state index is 12.5. The first-order chi connectivity index (χ1) is 12.9. The molecular weight excluding hydrogens is 338 g/mol. The zero-order valence-electron chi connectivity index (χ0n) is 15.3. The fourth-order valence-electron chi connectivity index (χ4n) is 2.55. The van der Waals surface area contributed by atoms with Gasteiger partial charge >= 0.3 is 0 Å². The number of rotatable bonds is 4. The van der Waals surface area contributed by atoms with E-state index in [0.29, 0.717) is 17.7 Å². The van der Waals surface area contributed by atoms with Crippen LogP contribution < -0.4 is 5.32 Å². The Balaban J connectivity index is 1.73. The van der Waals surface area contributed by atoms with Gasteiger partial charge in [0.15, 0.2) is 0 Å². The molecule has 2 aromatic carbocycles. The summed E-state index contributed by atoms with van der Waals surface area (Å²) in [4.78, 5) is 16.6. The van der Waals surface area contributed by atoms with E-state index in [-0.39, 0.29) is 5.91 Å². The smallest absolute Gasteiger partial charge is 0.251 e. The first-order valence-electron chi connectivity index (χ1n) is 8.62. The van der Waals surface area contributed by atoms with Gasteiger partial charge in [0.1, 0.15) is 5.60 Å². The van der Waals surface area contributed by atoms with Crippen molar-refractivity contribution < 1.29 is 9.90 Å². The van der Waals surface area contributed by atoms with Crippen molar-refractivity contribution in [2.24, 2.45) is 0 Å². The van der Waals surface area contributed by atoms with E-state index in [1.54, 1.807) is 44.6 Å². The molecule has 1 heterocycles. The molecule has 0 saturated heterocycles. The van der Waals surface area contributed by atoms with E-state index in [1.165, 1.54) is 0 Å². The number of aromatic nitrogens is 2. The molecule has 1 amide bonds. The molecule has 5 heteroatoms. The number of para-hydroxylation sites is 1. The molecule has 136 valence electrons. The Kier molecular flexibility index (Phi) is 5.39. The number of imidazole rings is 1. The van der Waals surface area contributed by atoms with Crippen LogP contribution in [0.4, 0.5) is 0 Å². The summed E-state index contributed by atoms with van der Waals surface area (Å²) in [5, 5.41) is 12.7. The normalized spacial score (nSPS) is 10.8. The second kappa shape index (κ2) is 7.90. The third-order valence-electron chi connectivity index (χ3n) is 3.85. The molecule has 0 bridgehead atoms. The third kappa shape index (κ3) is 5.06. The summed E-state index contributed by atoms with van der Waals surface area (Å²) in [5.41, 5.74) is 2.10. The van der Waals surface area contributed by atoms with Gasteiger partial charge in [-0.1, -0.05) is 36.1 Å². The summed E-state index contributed by atoms with van der Waals surface area (Å²) in [6, 6.07) is 14.9. The van der Waals surface area contributed by atoms with E-state index < -0.39 is 5.60 Å². The fourth-order valence-corrected chi connectivity index (χ4v) is 2.55. The predicted octanol–water partition coefficient (Wildman–Crippen LogP) is 2.92. The number of hydrogen-bond donors (Lipinski definition) is 2. The lowest BCUT2D eigenvalue weighted by Gasteiger charge is -2.11. The first-order valence-corrected chi connectivity index (χ1v) is 8.62. The molecule has 5 nitrogen and oxygen atoms in total. The predicted molar refractivity (Wildman–Crippen MR) is 104 cm³/mol. The van der Waals surface area contributed by atoms with Gasteiger partial charge in [0.25, 0.3) is 5.91 Å². The van der Waals surface area contributed by atoms with Crippen LogP contribution in [0.3, 0.4) is 0 Å². The van der Waals surface area contributed by atoms with E-state index in [1.807, 2.05) is 41.1 Å². The fraction of sp³-hybridized carbons (Fsp3) is 0.182. The standard InChI is InChI=1S/C22H21N3O2/c1-22(2,27)11-10-17-6-5-8-18(14-17)21(26)24-15-19-7-3-4-9-20(19)25-13-12-23-16-25/h3-9,12-14,16,27H,15H2,1-2H3,(H,24,26). The van der Waals surface area contributed by atoms with Gasteiger partial charge in [-0.3, -0.25) is 4.79 Å². The highest BCUT2D eigenvalue weighted by molar-refractivity contribution is 5.94. The summed E-state index contributed by atoms with van der Waals surface area (Å²) in [6.45, 7) is 3.63. The summed E-state index contributed by atoms with van der Waals surface area (Å²) in [7, 11) is 0. The maximum Gasteiger partial charge on any atom is 0.251 e. The molecule has 3 rings (SSSR count). The molecule has 27 heavy (non-hydrogen) atoms. The highest BCUT2D eigenvalue weighted by Gasteiger charge is 2.09. The number of carbonyl (C=O) groups is 1. The highest BCUT2D eigenvalue weighted by atomic mass is 16.3. The zero-order valence-corrected chi connectivity index (χ0v) is 15.3. The minimum atomic E-state index is -1.07. The van der Waals surface area contributed by atoms with E-state index in [4.69, 9.17) is 0 Å². The molecule has 0 unspecified atom stereocenters. The molecular formula is C22H21N3O2. The SMILES string of the molecule is CC(C)(O)C#Cc1cccc(C(=O)NCc2ccccc2-n2ccnc2)c1. The van der Waals surface area contributed by atoms with Gasteiger partial charge in [0.05, 0.1) is 12.0 Å². The van der Waals surface area contributed by atoms with Crippen molar-refractivity contribution in [3.63, 3.8) is 0 Å². The van der Waals surface area contributed by atoms with Crippen molar-refractivity contribution >= 4 is 5.91 Å². The quantitative estimate of drug-likeness (QED) is 0.704. The van der Waals surface area contributed by atoms with E-state index in [0.717, 1.165) is 11.3 Å². The van der Waals surface area contributed by atoms with Crippen molar-refractivity contribution in [2.75, 3.05) is 0 Å². The zero-order chi connectivity index (χ0) is 19.3. The number of benzene rings is 2. The van der Waals surface area contributed by atoms with Gasteiger partial charge in [0.2, 0.25) is 0 Å². The van der Waals surface area contributed by atoms with E-state index >= 15 is 0 Å². The second-order valence-electron chi connectivity index (χ2n) is 6.67. The maximum atomic E-state index is 12.5. The Morgan fingerprint density at radius 1 is 1.22 bits per heavy atom. The Labute approximate surface area is 158 Å². The second-order valence-corrected chi connectivity index (χ2v) is 6.67. The van der Waals surface area contributed by atoms with Gasteiger partial charge in [-0.2, -0.15) is 0 Å². The van der Waals surface area contributed by atoms with Crippen LogP contribution in [0.1, 0.15) is 35.3 Å². The molecule has 0 aliphatic carbocycles. The Bertz CT molecular complexity index is 990. The number of hydrogen-bond acceptors (Lipinski definition) is 3. The number of amides is 1. The van der Waals surface area contributed by atoms with Gasteiger partial charge < -0.3 is 15.0 Å². The van der Waals surface area contributed by atoms with E-state index in [2.05, 4.69) is 22.1 Å². The van der Waals surface area contributed by atoms with Crippen molar-refractivity contribution in [3.8, 4) is 17.5 Å². The topological polar surface area (TPSA) is 67.2 Å². The van der Waals surface area contributed by atoms with Crippen LogP contribution in [-0.2, 0) is 6.54 Å². The monoisotopic (exact) mass is 359 g/mol. The molecule has 2 N–H and O–H groups in total. The average Bonchev–Trinajstić information content (AvgIpc) is 3.19. The van der Waals surface area contributed by atoms with Crippen LogP contribution in [0.5, 0.6) is 0 Å². The van der Waals surface area contributed by atoms with Crippen LogP contribution in [0, 0.1) is 11.8 Å². The largest absolute Gasteiger partial charge is 0.378 e. The molecule has 0 aliphatic heterocycles. The summed E-state index contributed by atoms with van der Waals surface area (Å²) in [5.74, 6) is 5.46. The van der Waals surface area contributed by atoms with Gasteiger partial charge in [-0.15, -0.1) is 0 Å². The van der Waals surface area contributed by atoms with Crippen LogP contribution in [0.15, 0.2) is 67.3 Å². The lowest BCUT2D eigenvalue weighted by atomic mass is 10.1. The molecule has 1 aromatic heterocycles. The number of aliphatic hydroxyl groups is 1. The molecule has 3 aromatic rings. The van der Waals surface area contributed by atoms with Gasteiger partial charge in [0, 0.05) is 30.1 Å². The lowest BCUT2D eigenvalue weighted by Crippen LogP contribution is -2.23. The molecule has 0 fully saturated rings. The Hall–Kier alpha value is -3.36. The Morgan fingerprint density at radius 2 is 2.04 bits per heavy atom. The Morgan fingerprint density at radius 3 is 2.78 bits per heavy atom. The van der Waals surface area contributed by atoms with Crippen molar-refractivity contribution in [1.29, 1.82) is 0 Å². The van der Waals surface area contributed by atoms with Crippen molar-refractivity contribution in [3.05, 3.63) is 83.9 Å². The van der Waals surface area contributed by atoms with Crippen LogP contribution in [0.25, 0.3) is 5.69 Å². The third-order valence-corrected chi connectivity index (χ3v) is 3.85. The molecule has 0 radical (unpaired) electrons. The molecule has 0 aliphatic rings. The summed E-state index contributed by atoms with van der Waals surface area (Å²) >= 11 is 0. The van der Waals surface area contributed by atoms with Crippen LogP contribution >= 0.6 is 0 Å².